The Morgan fingerprint density at radius 2 is 2.11 bits per heavy atom. The fraction of sp³-hybridized carbons (Fsp3) is 0.462. The number of anilines is 2. The van der Waals surface area contributed by atoms with Crippen LogP contribution in [0.25, 0.3) is 0 Å². The number of amides is 1. The maximum atomic E-state index is 13.4. The molecule has 1 aliphatic rings. The molecule has 4 N–H and O–H groups in total. The van der Waals surface area contributed by atoms with Crippen molar-refractivity contribution in [3.8, 4) is 0 Å². The van der Waals surface area contributed by atoms with E-state index in [0.717, 1.165) is 12.8 Å². The van der Waals surface area contributed by atoms with Crippen molar-refractivity contribution < 1.29 is 9.18 Å². The highest BCUT2D eigenvalue weighted by molar-refractivity contribution is 5.77. The molecule has 1 aliphatic heterocycles. The molecule has 0 radical (unpaired) electrons. The van der Waals surface area contributed by atoms with Crippen LogP contribution in [-0.4, -0.2) is 18.5 Å². The fourth-order valence-electron chi connectivity index (χ4n) is 2.46. The lowest BCUT2D eigenvalue weighted by molar-refractivity contribution is -0.122. The molecule has 1 aromatic rings. The second-order valence-electron chi connectivity index (χ2n) is 4.92. The Balaban J connectivity index is 2.26. The third kappa shape index (κ3) is 2.55. The monoisotopic (exact) mass is 251 g/mol. The normalized spacial score (nSPS) is 24.0. The van der Waals surface area contributed by atoms with Gasteiger partial charge in [-0.25, -0.2) is 4.39 Å². The summed E-state index contributed by atoms with van der Waals surface area (Å²) < 4.78 is 13.4. The maximum Gasteiger partial charge on any atom is 0.222 e. The predicted molar refractivity (Wildman–Crippen MR) is 69.5 cm³/mol. The minimum atomic E-state index is -0.363. The number of primary amides is 1. The van der Waals surface area contributed by atoms with Crippen LogP contribution < -0.4 is 16.4 Å². The molecule has 0 bridgehead atoms. The second-order valence-corrected chi connectivity index (χ2v) is 4.92. The van der Waals surface area contributed by atoms with Gasteiger partial charge in [0.2, 0.25) is 5.91 Å². The molecule has 1 amide bonds. The number of nitrogens with zero attached hydrogens (tertiary/aromatic N) is 1. The smallest absolute Gasteiger partial charge is 0.222 e. The number of piperidine rings is 1. The zero-order chi connectivity index (χ0) is 13.3. The fourth-order valence-corrected chi connectivity index (χ4v) is 2.46. The first-order valence-corrected chi connectivity index (χ1v) is 6.09. The zero-order valence-electron chi connectivity index (χ0n) is 10.4. The average Bonchev–Trinajstić information content (AvgIpc) is 2.27. The number of halogens is 1. The molecule has 1 aromatic carbocycles. The van der Waals surface area contributed by atoms with Crippen molar-refractivity contribution >= 4 is 17.3 Å². The predicted octanol–water partition coefficient (Wildman–Crippen LogP) is 1.50. The minimum absolute atomic E-state index is 0.175. The molecule has 4 nitrogen and oxygen atoms in total. The van der Waals surface area contributed by atoms with E-state index >= 15 is 0 Å². The van der Waals surface area contributed by atoms with Crippen molar-refractivity contribution in [3.63, 3.8) is 0 Å². The Labute approximate surface area is 106 Å². The van der Waals surface area contributed by atoms with Gasteiger partial charge in [0.15, 0.2) is 0 Å². The van der Waals surface area contributed by atoms with Gasteiger partial charge in [-0.05, 0) is 38.0 Å². The maximum absolute atomic E-state index is 13.4. The van der Waals surface area contributed by atoms with Crippen LogP contribution in [0.4, 0.5) is 15.8 Å². The summed E-state index contributed by atoms with van der Waals surface area (Å²) >= 11 is 0. The summed E-state index contributed by atoms with van der Waals surface area (Å²) in [5, 5.41) is 0. The molecule has 1 saturated heterocycles. The van der Waals surface area contributed by atoms with Gasteiger partial charge in [0.25, 0.3) is 0 Å². The van der Waals surface area contributed by atoms with E-state index in [0.29, 0.717) is 17.9 Å². The van der Waals surface area contributed by atoms with Crippen LogP contribution in [0.5, 0.6) is 0 Å². The molecular weight excluding hydrogens is 233 g/mol. The summed E-state index contributed by atoms with van der Waals surface area (Å²) in [6, 6.07) is 4.70. The SMILES string of the molecule is CC1CCC(C(N)=O)CN1c1cc(N)cc(F)c1. The van der Waals surface area contributed by atoms with Crippen LogP contribution in [0.1, 0.15) is 19.8 Å². The van der Waals surface area contributed by atoms with Crippen LogP contribution in [0.3, 0.4) is 0 Å². The molecular formula is C13H18FN3O. The number of nitrogen functional groups attached to an aromatic ring is 1. The lowest BCUT2D eigenvalue weighted by Gasteiger charge is -2.38. The summed E-state index contributed by atoms with van der Waals surface area (Å²) in [6.45, 7) is 2.58. The van der Waals surface area contributed by atoms with E-state index in [4.69, 9.17) is 11.5 Å². The lowest BCUT2D eigenvalue weighted by Crippen LogP contribution is -2.45. The van der Waals surface area contributed by atoms with Gasteiger partial charge in [0, 0.05) is 24.0 Å². The number of benzene rings is 1. The van der Waals surface area contributed by atoms with E-state index in [2.05, 4.69) is 6.92 Å². The summed E-state index contributed by atoms with van der Waals surface area (Å²) in [7, 11) is 0. The third-order valence-corrected chi connectivity index (χ3v) is 3.52. The lowest BCUT2D eigenvalue weighted by atomic mass is 9.92. The summed E-state index contributed by atoms with van der Waals surface area (Å²) in [5.74, 6) is -0.833. The molecule has 98 valence electrons. The Morgan fingerprint density at radius 1 is 1.39 bits per heavy atom. The number of hydrogen-bond acceptors (Lipinski definition) is 3. The van der Waals surface area contributed by atoms with E-state index < -0.39 is 0 Å². The third-order valence-electron chi connectivity index (χ3n) is 3.52. The largest absolute Gasteiger partial charge is 0.399 e. The van der Waals surface area contributed by atoms with Crippen molar-refractivity contribution in [2.45, 2.75) is 25.8 Å². The van der Waals surface area contributed by atoms with E-state index in [1.54, 1.807) is 6.07 Å². The van der Waals surface area contributed by atoms with E-state index in [1.165, 1.54) is 12.1 Å². The van der Waals surface area contributed by atoms with Crippen molar-refractivity contribution in [1.82, 2.24) is 0 Å². The van der Waals surface area contributed by atoms with Crippen molar-refractivity contribution in [3.05, 3.63) is 24.0 Å². The second kappa shape index (κ2) is 4.84. The van der Waals surface area contributed by atoms with Gasteiger partial charge in [-0.3, -0.25) is 4.79 Å². The van der Waals surface area contributed by atoms with Crippen LogP contribution in [-0.2, 0) is 4.79 Å². The van der Waals surface area contributed by atoms with Gasteiger partial charge in [-0.1, -0.05) is 0 Å². The molecule has 2 rings (SSSR count). The molecule has 0 saturated carbocycles. The molecule has 1 fully saturated rings. The standard InChI is InChI=1S/C13H18FN3O/c1-8-2-3-9(13(16)18)7-17(8)12-5-10(14)4-11(15)6-12/h4-6,8-9H,2-3,7,15H2,1H3,(H2,16,18). The first-order valence-electron chi connectivity index (χ1n) is 6.09. The van der Waals surface area contributed by atoms with Crippen LogP contribution in [0.2, 0.25) is 0 Å². The summed E-state index contributed by atoms with van der Waals surface area (Å²) in [6.07, 6.45) is 1.65. The molecule has 2 atom stereocenters. The molecule has 1 heterocycles. The Hall–Kier alpha value is -1.78. The van der Waals surface area contributed by atoms with Crippen molar-refractivity contribution in [2.24, 2.45) is 11.7 Å². The highest BCUT2D eigenvalue weighted by Crippen LogP contribution is 2.29. The van der Waals surface area contributed by atoms with Gasteiger partial charge in [0.05, 0.1) is 5.92 Å². The van der Waals surface area contributed by atoms with Crippen LogP contribution in [0, 0.1) is 11.7 Å². The number of nitrogens with two attached hydrogens (primary N) is 2. The number of carbonyl (C=O) groups excluding carboxylic acids is 1. The van der Waals surface area contributed by atoms with E-state index in [-0.39, 0.29) is 23.7 Å². The molecule has 5 heteroatoms. The van der Waals surface area contributed by atoms with Crippen LogP contribution >= 0.6 is 0 Å². The topological polar surface area (TPSA) is 72.4 Å². The summed E-state index contributed by atoms with van der Waals surface area (Å²) in [5.41, 5.74) is 12.1. The highest BCUT2D eigenvalue weighted by Gasteiger charge is 2.29. The molecule has 2 unspecified atom stereocenters. The van der Waals surface area contributed by atoms with Gasteiger partial charge in [-0.2, -0.15) is 0 Å². The first-order chi connectivity index (χ1) is 8.47. The first kappa shape index (κ1) is 12.7. The van der Waals surface area contributed by atoms with Crippen molar-refractivity contribution in [1.29, 1.82) is 0 Å². The van der Waals surface area contributed by atoms with Gasteiger partial charge < -0.3 is 16.4 Å². The minimum Gasteiger partial charge on any atom is -0.399 e. The van der Waals surface area contributed by atoms with Gasteiger partial charge in [0.1, 0.15) is 5.82 Å². The average molecular weight is 251 g/mol. The van der Waals surface area contributed by atoms with Crippen LogP contribution in [0.15, 0.2) is 18.2 Å². The Kier molecular flexibility index (Phi) is 3.41. The highest BCUT2D eigenvalue weighted by atomic mass is 19.1. The van der Waals surface area contributed by atoms with Gasteiger partial charge in [-0.15, -0.1) is 0 Å². The quantitative estimate of drug-likeness (QED) is 0.782. The molecule has 0 spiro atoms. The Bertz CT molecular complexity index is 443. The number of hydrogen-bond donors (Lipinski definition) is 2. The number of carbonyl (C=O) groups is 1. The summed E-state index contributed by atoms with van der Waals surface area (Å²) in [4.78, 5) is 13.3. The molecule has 18 heavy (non-hydrogen) atoms. The molecule has 0 aliphatic carbocycles. The van der Waals surface area contributed by atoms with Gasteiger partial charge >= 0.3 is 0 Å². The zero-order valence-corrected chi connectivity index (χ0v) is 10.4. The van der Waals surface area contributed by atoms with E-state index in [1.807, 2.05) is 4.90 Å². The number of rotatable bonds is 2. The van der Waals surface area contributed by atoms with Crippen molar-refractivity contribution in [2.75, 3.05) is 17.2 Å². The molecule has 0 aromatic heterocycles. The van der Waals surface area contributed by atoms with E-state index in [9.17, 15) is 9.18 Å². The Morgan fingerprint density at radius 3 is 2.72 bits per heavy atom.